The first-order valence-corrected chi connectivity index (χ1v) is 15.0. The number of nitrogens with one attached hydrogen (secondary N) is 1. The third-order valence-corrected chi connectivity index (χ3v) is 8.67. The van der Waals surface area contributed by atoms with Crippen LogP contribution in [0.15, 0.2) is 65.6 Å². The molecule has 220 valence electrons. The van der Waals surface area contributed by atoms with Crippen molar-refractivity contribution in [3.8, 4) is 22.3 Å². The van der Waals surface area contributed by atoms with Gasteiger partial charge in [-0.2, -0.15) is 4.98 Å². The molecule has 1 aliphatic rings. The quantitative estimate of drug-likeness (QED) is 0.219. The first-order valence-electron chi connectivity index (χ1n) is 14.6. The summed E-state index contributed by atoms with van der Waals surface area (Å²) in [6.45, 7) is 8.18. The smallest absolute Gasteiger partial charge is 0.260 e. The number of hydrogen-bond acceptors (Lipinski definition) is 6. The van der Waals surface area contributed by atoms with E-state index in [-0.39, 0.29) is 23.2 Å². The summed E-state index contributed by atoms with van der Waals surface area (Å²) in [4.78, 5) is 29.7. The van der Waals surface area contributed by atoms with Crippen LogP contribution in [0.2, 0.25) is 5.02 Å². The zero-order valence-corrected chi connectivity index (χ0v) is 25.5. The Hall–Kier alpha value is -4.14. The highest BCUT2D eigenvalue weighted by Gasteiger charge is 2.22. The number of nitrogens with zero attached hydrogens (tertiary/aromatic N) is 5. The summed E-state index contributed by atoms with van der Waals surface area (Å²) in [6, 6.07) is 16.7. The highest BCUT2D eigenvalue weighted by atomic mass is 35.5. The van der Waals surface area contributed by atoms with Gasteiger partial charge in [-0.3, -0.25) is 14.3 Å². The van der Waals surface area contributed by atoms with Crippen LogP contribution in [0.25, 0.3) is 33.3 Å². The predicted molar refractivity (Wildman–Crippen MR) is 172 cm³/mol. The number of hydrogen-bond donors (Lipinski definition) is 1. The molecular weight excluding hydrogens is 563 g/mol. The van der Waals surface area contributed by atoms with Crippen molar-refractivity contribution in [3.05, 3.63) is 98.9 Å². The Morgan fingerprint density at radius 2 is 1.74 bits per heavy atom. The second kappa shape index (κ2) is 11.9. The van der Waals surface area contributed by atoms with Gasteiger partial charge in [0.15, 0.2) is 0 Å². The Morgan fingerprint density at radius 3 is 2.44 bits per heavy atom. The molecule has 43 heavy (non-hydrogen) atoms. The van der Waals surface area contributed by atoms with E-state index in [1.807, 2.05) is 63.2 Å². The van der Waals surface area contributed by atoms with Gasteiger partial charge < -0.3 is 10.2 Å². The van der Waals surface area contributed by atoms with E-state index in [9.17, 15) is 4.79 Å². The molecule has 7 nitrogen and oxygen atoms in total. The standard InChI is InChI=1S/C34H34ClFN6O/c1-5-42-32-24(16-29(33(42)43)28-10-7-23(17-30(28)35)26-9-6-20(2)38-21(26)3)19-37-34(40-32)39-25-8-11-27(31(36)18-25)22-12-14-41(4)15-13-22/h6-11,16-19,22H,5,12-15H2,1-4H3,(H,37,39,40). The Bertz CT molecular complexity index is 1900. The Morgan fingerprint density at radius 1 is 0.977 bits per heavy atom. The molecule has 0 bridgehead atoms. The van der Waals surface area contributed by atoms with Crippen molar-refractivity contribution in [1.29, 1.82) is 0 Å². The third kappa shape index (κ3) is 5.77. The molecule has 0 amide bonds. The summed E-state index contributed by atoms with van der Waals surface area (Å²) < 4.78 is 16.7. The number of likely N-dealkylation sites (tertiary alicyclic amines) is 1. The van der Waals surface area contributed by atoms with Gasteiger partial charge in [0.05, 0.1) is 0 Å². The van der Waals surface area contributed by atoms with Crippen molar-refractivity contribution in [2.75, 3.05) is 25.5 Å². The van der Waals surface area contributed by atoms with Crippen LogP contribution in [0.1, 0.15) is 42.6 Å². The van der Waals surface area contributed by atoms with Crippen LogP contribution in [0.5, 0.6) is 0 Å². The predicted octanol–water partition coefficient (Wildman–Crippen LogP) is 7.50. The van der Waals surface area contributed by atoms with Gasteiger partial charge in [-0.1, -0.05) is 35.9 Å². The average Bonchev–Trinajstić information content (AvgIpc) is 2.98. The van der Waals surface area contributed by atoms with E-state index in [4.69, 9.17) is 11.6 Å². The zero-order valence-electron chi connectivity index (χ0n) is 24.8. The molecule has 1 fully saturated rings. The largest absolute Gasteiger partial charge is 0.324 e. The summed E-state index contributed by atoms with van der Waals surface area (Å²) in [6.07, 6.45) is 3.57. The van der Waals surface area contributed by atoms with E-state index in [0.717, 1.165) is 54.0 Å². The molecule has 1 N–H and O–H groups in total. The van der Waals surface area contributed by atoms with Gasteiger partial charge in [0.25, 0.3) is 5.56 Å². The number of piperidine rings is 1. The molecule has 9 heteroatoms. The topological polar surface area (TPSA) is 75.9 Å². The summed E-state index contributed by atoms with van der Waals surface area (Å²) >= 11 is 6.77. The van der Waals surface area contributed by atoms with Crippen LogP contribution in [0, 0.1) is 19.7 Å². The van der Waals surface area contributed by atoms with Crippen molar-refractivity contribution >= 4 is 34.3 Å². The molecule has 2 aromatic carbocycles. The highest BCUT2D eigenvalue weighted by molar-refractivity contribution is 6.33. The number of aryl methyl sites for hydroxylation is 3. The van der Waals surface area contributed by atoms with Crippen molar-refractivity contribution < 1.29 is 4.39 Å². The molecule has 0 saturated carbocycles. The van der Waals surface area contributed by atoms with E-state index >= 15 is 4.39 Å². The summed E-state index contributed by atoms with van der Waals surface area (Å²) in [5, 5.41) is 4.29. The number of anilines is 2. The lowest BCUT2D eigenvalue weighted by Gasteiger charge is -2.29. The minimum Gasteiger partial charge on any atom is -0.324 e. The molecule has 6 rings (SSSR count). The summed E-state index contributed by atoms with van der Waals surface area (Å²) in [7, 11) is 2.10. The molecule has 0 spiro atoms. The van der Waals surface area contributed by atoms with Crippen molar-refractivity contribution in [3.63, 3.8) is 0 Å². The fourth-order valence-corrected chi connectivity index (χ4v) is 6.27. The van der Waals surface area contributed by atoms with Crippen LogP contribution in [-0.4, -0.2) is 44.6 Å². The van der Waals surface area contributed by atoms with Gasteiger partial charge in [-0.25, -0.2) is 9.37 Å². The maximum atomic E-state index is 15.1. The fraction of sp³-hybridized carbons (Fsp3) is 0.294. The van der Waals surface area contributed by atoms with Crippen LogP contribution < -0.4 is 10.9 Å². The van der Waals surface area contributed by atoms with E-state index in [1.54, 1.807) is 16.8 Å². The molecule has 1 saturated heterocycles. The zero-order chi connectivity index (χ0) is 30.2. The molecule has 4 heterocycles. The second-order valence-corrected chi connectivity index (χ2v) is 11.7. The number of halogens is 2. The summed E-state index contributed by atoms with van der Waals surface area (Å²) in [5.74, 6) is 0.286. The van der Waals surface area contributed by atoms with Crippen molar-refractivity contribution in [1.82, 2.24) is 24.4 Å². The molecule has 0 atom stereocenters. The molecular formula is C34H34ClFN6O. The van der Waals surface area contributed by atoms with Gasteiger partial charge in [0, 0.05) is 56.9 Å². The number of pyridine rings is 2. The molecule has 3 aromatic heterocycles. The Kier molecular flexibility index (Phi) is 7.99. The first kappa shape index (κ1) is 29.0. The SMILES string of the molecule is CCn1c(=O)c(-c2ccc(-c3ccc(C)nc3C)cc2Cl)cc2cnc(Nc3ccc(C4CCN(C)CC4)c(F)c3)nc21. The van der Waals surface area contributed by atoms with Crippen LogP contribution >= 0.6 is 11.6 Å². The van der Waals surface area contributed by atoms with Crippen molar-refractivity contribution in [2.24, 2.45) is 0 Å². The van der Waals surface area contributed by atoms with Gasteiger partial charge in [0.1, 0.15) is 11.5 Å². The molecule has 0 aliphatic carbocycles. The number of fused-ring (bicyclic) bond motifs is 1. The normalized spacial score (nSPS) is 14.4. The van der Waals surface area contributed by atoms with E-state index in [2.05, 4.69) is 32.2 Å². The van der Waals surface area contributed by atoms with Crippen molar-refractivity contribution in [2.45, 2.75) is 46.1 Å². The molecule has 0 radical (unpaired) electrons. The highest BCUT2D eigenvalue weighted by Crippen LogP contribution is 2.34. The Balaban J connectivity index is 1.30. The van der Waals surface area contributed by atoms with Crippen LogP contribution in [0.3, 0.4) is 0 Å². The van der Waals surface area contributed by atoms with Crippen LogP contribution in [-0.2, 0) is 6.54 Å². The van der Waals surface area contributed by atoms with Gasteiger partial charge >= 0.3 is 0 Å². The van der Waals surface area contributed by atoms with E-state index in [1.165, 1.54) is 6.07 Å². The second-order valence-electron chi connectivity index (χ2n) is 11.3. The number of rotatable bonds is 6. The third-order valence-electron chi connectivity index (χ3n) is 8.35. The van der Waals surface area contributed by atoms with Crippen LogP contribution in [0.4, 0.5) is 16.0 Å². The maximum Gasteiger partial charge on any atom is 0.260 e. The maximum absolute atomic E-state index is 15.1. The fourth-order valence-electron chi connectivity index (χ4n) is 5.98. The van der Waals surface area contributed by atoms with Gasteiger partial charge in [-0.15, -0.1) is 0 Å². The van der Waals surface area contributed by atoms with E-state index < -0.39 is 0 Å². The lowest BCUT2D eigenvalue weighted by atomic mass is 9.89. The first-order chi connectivity index (χ1) is 20.7. The molecule has 0 unspecified atom stereocenters. The lowest BCUT2D eigenvalue weighted by molar-refractivity contribution is 0.253. The van der Waals surface area contributed by atoms with E-state index in [0.29, 0.717) is 39.4 Å². The van der Waals surface area contributed by atoms with Gasteiger partial charge in [0.2, 0.25) is 5.95 Å². The van der Waals surface area contributed by atoms with Gasteiger partial charge in [-0.05, 0) is 101 Å². The monoisotopic (exact) mass is 596 g/mol. The average molecular weight is 597 g/mol. The minimum absolute atomic E-state index is 0.198. The minimum atomic E-state index is -0.229. The lowest BCUT2D eigenvalue weighted by Crippen LogP contribution is -2.29. The molecule has 1 aliphatic heterocycles. The number of aromatic nitrogens is 4. The molecule has 5 aromatic rings. The summed E-state index contributed by atoms with van der Waals surface area (Å²) in [5.41, 5.74) is 6.51. The Labute approximate surface area is 255 Å². The number of benzene rings is 2.